The first kappa shape index (κ1) is 21.2. The van der Waals surface area contributed by atoms with Crippen molar-refractivity contribution in [2.24, 2.45) is 7.05 Å². The number of ether oxygens (including phenoxy) is 1. The Hall–Kier alpha value is -4.66. The molecular formula is C25H19FN6O2. The van der Waals surface area contributed by atoms with E-state index in [-0.39, 0.29) is 17.1 Å². The predicted octanol–water partition coefficient (Wildman–Crippen LogP) is 4.49. The normalized spacial score (nSPS) is 10.9. The van der Waals surface area contributed by atoms with Gasteiger partial charge in [-0.15, -0.1) is 0 Å². The number of benzene rings is 2. The van der Waals surface area contributed by atoms with Gasteiger partial charge in [-0.2, -0.15) is 5.10 Å². The number of halogens is 1. The molecule has 0 aliphatic rings. The van der Waals surface area contributed by atoms with Crippen molar-refractivity contribution in [2.75, 3.05) is 12.4 Å². The number of anilines is 1. The van der Waals surface area contributed by atoms with Crippen molar-refractivity contribution in [3.63, 3.8) is 0 Å². The van der Waals surface area contributed by atoms with Crippen molar-refractivity contribution < 1.29 is 13.9 Å². The summed E-state index contributed by atoms with van der Waals surface area (Å²) in [4.78, 5) is 26.2. The molecule has 5 rings (SSSR count). The van der Waals surface area contributed by atoms with E-state index in [1.807, 2.05) is 43.6 Å². The highest BCUT2D eigenvalue weighted by Crippen LogP contribution is 2.35. The first-order valence-corrected chi connectivity index (χ1v) is 10.4. The molecule has 0 aliphatic heterocycles. The van der Waals surface area contributed by atoms with Crippen LogP contribution in [-0.4, -0.2) is 37.7 Å². The standard InChI is InChI=1S/C25H19FN6O2/c1-32-13-17(21(31-32)15-8-4-3-5-9-15)22-23-19(27-14-28-22)12-20(34-2)24(29-23)30-25(33)16-10-6-7-11-18(16)26/h3-14H,1-2H3,(H,29,30,33). The summed E-state index contributed by atoms with van der Waals surface area (Å²) in [5.74, 6) is -0.861. The van der Waals surface area contributed by atoms with Gasteiger partial charge in [0.2, 0.25) is 0 Å². The van der Waals surface area contributed by atoms with Crippen LogP contribution in [0.5, 0.6) is 5.75 Å². The molecule has 3 aromatic heterocycles. The van der Waals surface area contributed by atoms with Crippen LogP contribution in [0.1, 0.15) is 10.4 Å². The highest BCUT2D eigenvalue weighted by molar-refractivity contribution is 6.05. The van der Waals surface area contributed by atoms with Crippen molar-refractivity contribution in [1.29, 1.82) is 0 Å². The SMILES string of the molecule is COc1cc2ncnc(-c3cn(C)nc3-c3ccccc3)c2nc1NC(=O)c1ccccc1F. The minimum atomic E-state index is -0.645. The van der Waals surface area contributed by atoms with Gasteiger partial charge in [-0.3, -0.25) is 9.48 Å². The molecule has 168 valence electrons. The third-order valence-electron chi connectivity index (χ3n) is 5.28. The van der Waals surface area contributed by atoms with E-state index in [9.17, 15) is 9.18 Å². The second-order valence-corrected chi connectivity index (χ2v) is 7.49. The van der Waals surface area contributed by atoms with E-state index in [2.05, 4.69) is 25.4 Å². The number of hydrogen-bond donors (Lipinski definition) is 1. The lowest BCUT2D eigenvalue weighted by Gasteiger charge is -2.12. The van der Waals surface area contributed by atoms with Crippen LogP contribution in [0, 0.1) is 5.82 Å². The Labute approximate surface area is 194 Å². The molecule has 2 aromatic carbocycles. The van der Waals surface area contributed by atoms with Gasteiger partial charge >= 0.3 is 0 Å². The van der Waals surface area contributed by atoms with Crippen LogP contribution in [0.15, 0.2) is 73.2 Å². The number of methoxy groups -OCH3 is 1. The minimum Gasteiger partial charge on any atom is -0.493 e. The number of carbonyl (C=O) groups excluding carboxylic acids is 1. The number of fused-ring (bicyclic) bond motifs is 1. The van der Waals surface area contributed by atoms with E-state index >= 15 is 0 Å². The number of pyridine rings is 1. The number of carbonyl (C=O) groups is 1. The largest absolute Gasteiger partial charge is 0.493 e. The lowest BCUT2D eigenvalue weighted by molar-refractivity contribution is 0.102. The minimum absolute atomic E-state index is 0.102. The summed E-state index contributed by atoms with van der Waals surface area (Å²) >= 11 is 0. The molecule has 8 nitrogen and oxygen atoms in total. The number of amides is 1. The number of nitrogens with zero attached hydrogens (tertiary/aromatic N) is 5. The summed E-state index contributed by atoms with van der Waals surface area (Å²) in [6.07, 6.45) is 3.30. The molecule has 3 heterocycles. The summed E-state index contributed by atoms with van der Waals surface area (Å²) in [5, 5.41) is 7.26. The second kappa shape index (κ2) is 8.70. The monoisotopic (exact) mass is 454 g/mol. The summed E-state index contributed by atoms with van der Waals surface area (Å²) in [5.41, 5.74) is 3.82. The van der Waals surface area contributed by atoms with Gasteiger partial charge in [-0.1, -0.05) is 42.5 Å². The Morgan fingerprint density at radius 2 is 1.79 bits per heavy atom. The Morgan fingerprint density at radius 3 is 2.56 bits per heavy atom. The summed E-state index contributed by atoms with van der Waals surface area (Å²) in [6.45, 7) is 0. The number of nitrogens with one attached hydrogen (secondary N) is 1. The quantitative estimate of drug-likeness (QED) is 0.420. The molecule has 0 bridgehead atoms. The molecule has 0 fully saturated rings. The van der Waals surface area contributed by atoms with E-state index in [1.54, 1.807) is 16.8 Å². The van der Waals surface area contributed by atoms with Crippen LogP contribution < -0.4 is 10.1 Å². The van der Waals surface area contributed by atoms with Gasteiger partial charge in [0.1, 0.15) is 29.0 Å². The Balaban J connectivity index is 1.65. The lowest BCUT2D eigenvalue weighted by atomic mass is 10.0. The maximum Gasteiger partial charge on any atom is 0.259 e. The van der Waals surface area contributed by atoms with Gasteiger partial charge in [-0.25, -0.2) is 19.3 Å². The molecule has 0 radical (unpaired) electrons. The molecule has 34 heavy (non-hydrogen) atoms. The summed E-state index contributed by atoms with van der Waals surface area (Å²) in [7, 11) is 3.29. The topological polar surface area (TPSA) is 94.8 Å². The zero-order chi connectivity index (χ0) is 23.7. The summed E-state index contributed by atoms with van der Waals surface area (Å²) in [6, 6.07) is 17.1. The van der Waals surface area contributed by atoms with Gasteiger partial charge in [0.15, 0.2) is 11.6 Å². The molecule has 9 heteroatoms. The number of hydrogen-bond acceptors (Lipinski definition) is 6. The Bertz CT molecular complexity index is 1520. The van der Waals surface area contributed by atoms with E-state index < -0.39 is 11.7 Å². The smallest absolute Gasteiger partial charge is 0.259 e. The average molecular weight is 454 g/mol. The fourth-order valence-corrected chi connectivity index (χ4v) is 3.70. The second-order valence-electron chi connectivity index (χ2n) is 7.49. The van der Waals surface area contributed by atoms with E-state index in [0.29, 0.717) is 16.7 Å². The molecule has 0 atom stereocenters. The van der Waals surface area contributed by atoms with E-state index in [0.717, 1.165) is 16.8 Å². The predicted molar refractivity (Wildman–Crippen MR) is 126 cm³/mol. The number of aromatic nitrogens is 5. The maximum absolute atomic E-state index is 14.1. The summed E-state index contributed by atoms with van der Waals surface area (Å²) < 4.78 is 21.2. The molecular weight excluding hydrogens is 435 g/mol. The molecule has 5 aromatic rings. The van der Waals surface area contributed by atoms with Crippen molar-refractivity contribution in [2.45, 2.75) is 0 Å². The molecule has 0 unspecified atom stereocenters. The molecule has 0 saturated carbocycles. The maximum atomic E-state index is 14.1. The lowest BCUT2D eigenvalue weighted by Crippen LogP contribution is -2.15. The van der Waals surface area contributed by atoms with Crippen LogP contribution in [-0.2, 0) is 7.05 Å². The van der Waals surface area contributed by atoms with Gasteiger partial charge in [0.25, 0.3) is 5.91 Å². The molecule has 1 N–H and O–H groups in total. The van der Waals surface area contributed by atoms with Gasteiger partial charge < -0.3 is 10.1 Å². The van der Waals surface area contributed by atoms with E-state index in [1.165, 1.54) is 31.6 Å². The zero-order valence-corrected chi connectivity index (χ0v) is 18.4. The van der Waals surface area contributed by atoms with Gasteiger partial charge in [0.05, 0.1) is 18.2 Å². The van der Waals surface area contributed by atoms with Crippen molar-refractivity contribution in [3.8, 4) is 28.3 Å². The Morgan fingerprint density at radius 1 is 1.03 bits per heavy atom. The molecule has 0 aliphatic carbocycles. The van der Waals surface area contributed by atoms with Crippen molar-refractivity contribution >= 4 is 22.8 Å². The highest BCUT2D eigenvalue weighted by atomic mass is 19.1. The van der Waals surface area contributed by atoms with Crippen LogP contribution in [0.3, 0.4) is 0 Å². The van der Waals surface area contributed by atoms with Crippen molar-refractivity contribution in [3.05, 3.63) is 84.6 Å². The van der Waals surface area contributed by atoms with Crippen LogP contribution in [0.25, 0.3) is 33.5 Å². The van der Waals surface area contributed by atoms with Gasteiger partial charge in [0, 0.05) is 30.4 Å². The third kappa shape index (κ3) is 3.83. The number of rotatable bonds is 5. The molecule has 0 saturated heterocycles. The average Bonchev–Trinajstić information content (AvgIpc) is 3.25. The first-order valence-electron chi connectivity index (χ1n) is 10.4. The Kier molecular flexibility index (Phi) is 5.43. The zero-order valence-electron chi connectivity index (χ0n) is 18.4. The third-order valence-corrected chi connectivity index (χ3v) is 5.28. The van der Waals surface area contributed by atoms with Gasteiger partial charge in [-0.05, 0) is 12.1 Å². The van der Waals surface area contributed by atoms with Crippen molar-refractivity contribution in [1.82, 2.24) is 24.7 Å². The molecule has 1 amide bonds. The van der Waals surface area contributed by atoms with Crippen LogP contribution >= 0.6 is 0 Å². The number of aryl methyl sites for hydroxylation is 1. The van der Waals surface area contributed by atoms with E-state index in [4.69, 9.17) is 4.74 Å². The highest BCUT2D eigenvalue weighted by Gasteiger charge is 2.20. The molecule has 0 spiro atoms. The fraction of sp³-hybridized carbons (Fsp3) is 0.0800. The fourth-order valence-electron chi connectivity index (χ4n) is 3.70. The first-order chi connectivity index (χ1) is 16.5. The van der Waals surface area contributed by atoms with Crippen LogP contribution in [0.2, 0.25) is 0 Å². The van der Waals surface area contributed by atoms with Crippen LogP contribution in [0.4, 0.5) is 10.2 Å².